The van der Waals surface area contributed by atoms with Crippen LogP contribution >= 0.6 is 0 Å². The first-order valence-electron chi connectivity index (χ1n) is 8.95. The lowest BCUT2D eigenvalue weighted by atomic mass is 9.92. The maximum absolute atomic E-state index is 13.8. The molecular weight excluding hydrogens is 345 g/mol. The SMILES string of the molecule is CC(C)CC(=O)C1=C(O)C(=O)N(Cc2ccccc2)C1c1cccc(F)c1. The summed E-state index contributed by atoms with van der Waals surface area (Å²) in [5, 5.41) is 10.5. The van der Waals surface area contributed by atoms with Gasteiger partial charge in [-0.1, -0.05) is 56.3 Å². The quantitative estimate of drug-likeness (QED) is 0.826. The molecule has 0 aromatic heterocycles. The summed E-state index contributed by atoms with van der Waals surface area (Å²) in [6, 6.07) is 14.3. The number of carbonyl (C=O) groups excluding carboxylic acids is 2. The average Bonchev–Trinajstić information content (AvgIpc) is 2.87. The number of amides is 1. The average molecular weight is 367 g/mol. The lowest BCUT2D eigenvalue weighted by molar-refractivity contribution is -0.130. The van der Waals surface area contributed by atoms with E-state index < -0.39 is 23.5 Å². The molecule has 0 saturated heterocycles. The van der Waals surface area contributed by atoms with Gasteiger partial charge in [0.2, 0.25) is 0 Å². The van der Waals surface area contributed by atoms with Crippen LogP contribution < -0.4 is 0 Å². The number of halogens is 1. The van der Waals surface area contributed by atoms with Gasteiger partial charge in [-0.25, -0.2) is 4.39 Å². The molecule has 4 nitrogen and oxygen atoms in total. The van der Waals surface area contributed by atoms with E-state index in [4.69, 9.17) is 0 Å². The molecule has 2 aromatic carbocycles. The van der Waals surface area contributed by atoms with E-state index >= 15 is 0 Å². The van der Waals surface area contributed by atoms with Crippen LogP contribution in [0.5, 0.6) is 0 Å². The van der Waals surface area contributed by atoms with Crippen LogP contribution in [0.25, 0.3) is 0 Å². The van der Waals surface area contributed by atoms with E-state index in [1.54, 1.807) is 6.07 Å². The summed E-state index contributed by atoms with van der Waals surface area (Å²) >= 11 is 0. The Morgan fingerprint density at radius 3 is 2.48 bits per heavy atom. The Morgan fingerprint density at radius 2 is 1.85 bits per heavy atom. The third-order valence-corrected chi connectivity index (χ3v) is 4.56. The summed E-state index contributed by atoms with van der Waals surface area (Å²) in [5.74, 6) is -1.82. The summed E-state index contributed by atoms with van der Waals surface area (Å²) in [4.78, 5) is 27.0. The highest BCUT2D eigenvalue weighted by Crippen LogP contribution is 2.39. The molecule has 1 N–H and O–H groups in total. The molecule has 0 radical (unpaired) electrons. The summed E-state index contributed by atoms with van der Waals surface area (Å²) in [5.41, 5.74) is 1.38. The van der Waals surface area contributed by atoms with Crippen LogP contribution in [0.1, 0.15) is 37.4 Å². The maximum atomic E-state index is 13.8. The van der Waals surface area contributed by atoms with Crippen molar-refractivity contribution in [3.05, 3.63) is 82.9 Å². The Kier molecular flexibility index (Phi) is 5.40. The number of benzene rings is 2. The fourth-order valence-corrected chi connectivity index (χ4v) is 3.39. The van der Waals surface area contributed by atoms with Gasteiger partial charge in [0, 0.05) is 13.0 Å². The number of Topliss-reactive ketones (excluding diaryl/α,β-unsaturated/α-hetero) is 1. The lowest BCUT2D eigenvalue weighted by Crippen LogP contribution is -2.30. The smallest absolute Gasteiger partial charge is 0.290 e. The number of aliphatic hydroxyl groups excluding tert-OH is 1. The van der Waals surface area contributed by atoms with Crippen LogP contribution in [-0.4, -0.2) is 21.7 Å². The molecule has 5 heteroatoms. The van der Waals surface area contributed by atoms with Crippen molar-refractivity contribution in [3.63, 3.8) is 0 Å². The minimum absolute atomic E-state index is 0.0511. The molecular formula is C22H22FNO3. The van der Waals surface area contributed by atoms with E-state index in [0.29, 0.717) is 5.56 Å². The van der Waals surface area contributed by atoms with Gasteiger partial charge in [0.15, 0.2) is 11.5 Å². The standard InChI is InChI=1S/C22H22FNO3/c1-14(2)11-18(25)19-20(16-9-6-10-17(23)12-16)24(22(27)21(19)26)13-15-7-4-3-5-8-15/h3-10,12,14,20,26H,11,13H2,1-2H3. The van der Waals surface area contributed by atoms with Gasteiger partial charge in [0.05, 0.1) is 11.6 Å². The second-order valence-electron chi connectivity index (χ2n) is 7.16. The Bertz CT molecular complexity index is 889. The zero-order valence-corrected chi connectivity index (χ0v) is 15.4. The fraction of sp³-hybridized carbons (Fsp3) is 0.273. The lowest BCUT2D eigenvalue weighted by Gasteiger charge is -2.27. The Labute approximate surface area is 157 Å². The van der Waals surface area contributed by atoms with Crippen molar-refractivity contribution in [2.75, 3.05) is 0 Å². The van der Waals surface area contributed by atoms with Crippen molar-refractivity contribution in [3.8, 4) is 0 Å². The highest BCUT2D eigenvalue weighted by atomic mass is 19.1. The van der Waals surface area contributed by atoms with Crippen LogP contribution in [0.2, 0.25) is 0 Å². The largest absolute Gasteiger partial charge is 0.503 e. The van der Waals surface area contributed by atoms with Crippen molar-refractivity contribution in [1.82, 2.24) is 4.90 Å². The third-order valence-electron chi connectivity index (χ3n) is 4.56. The van der Waals surface area contributed by atoms with Gasteiger partial charge in [-0.2, -0.15) is 0 Å². The number of ketones is 1. The van der Waals surface area contributed by atoms with E-state index in [2.05, 4.69) is 0 Å². The molecule has 1 unspecified atom stereocenters. The molecule has 3 rings (SSSR count). The van der Waals surface area contributed by atoms with Gasteiger partial charge in [0.25, 0.3) is 5.91 Å². The number of aliphatic hydroxyl groups is 1. The monoisotopic (exact) mass is 367 g/mol. The zero-order chi connectivity index (χ0) is 19.6. The molecule has 0 fully saturated rings. The summed E-state index contributed by atoms with van der Waals surface area (Å²) in [7, 11) is 0. The normalized spacial score (nSPS) is 17.1. The highest BCUT2D eigenvalue weighted by molar-refractivity contribution is 6.09. The predicted molar refractivity (Wildman–Crippen MR) is 100 cm³/mol. The van der Waals surface area contributed by atoms with E-state index in [9.17, 15) is 19.1 Å². The molecule has 1 heterocycles. The van der Waals surface area contributed by atoms with Gasteiger partial charge < -0.3 is 10.0 Å². The van der Waals surface area contributed by atoms with E-state index in [1.165, 1.54) is 23.1 Å². The van der Waals surface area contributed by atoms with Crippen LogP contribution in [0.4, 0.5) is 4.39 Å². The van der Waals surface area contributed by atoms with Gasteiger partial charge in [0.1, 0.15) is 5.82 Å². The van der Waals surface area contributed by atoms with Crippen molar-refractivity contribution >= 4 is 11.7 Å². The van der Waals surface area contributed by atoms with Crippen LogP contribution in [0, 0.1) is 11.7 Å². The first-order chi connectivity index (χ1) is 12.9. The molecule has 1 aliphatic rings. The minimum Gasteiger partial charge on any atom is -0.503 e. The second kappa shape index (κ2) is 7.74. The van der Waals surface area contributed by atoms with Gasteiger partial charge >= 0.3 is 0 Å². The number of rotatable bonds is 6. The fourth-order valence-electron chi connectivity index (χ4n) is 3.39. The predicted octanol–water partition coefficient (Wildman–Crippen LogP) is 4.34. The molecule has 1 aliphatic heterocycles. The van der Waals surface area contributed by atoms with Crippen LogP contribution in [0.15, 0.2) is 65.9 Å². The number of hydrogen-bond acceptors (Lipinski definition) is 3. The van der Waals surface area contributed by atoms with E-state index in [0.717, 1.165) is 5.56 Å². The summed E-state index contributed by atoms with van der Waals surface area (Å²) in [6.45, 7) is 4.00. The number of carbonyl (C=O) groups is 2. The Balaban J connectivity index is 2.05. The van der Waals surface area contributed by atoms with Crippen molar-refractivity contribution in [1.29, 1.82) is 0 Å². The molecule has 140 valence electrons. The number of hydrogen-bond donors (Lipinski definition) is 1. The molecule has 0 saturated carbocycles. The molecule has 1 atom stereocenters. The summed E-state index contributed by atoms with van der Waals surface area (Å²) < 4.78 is 13.8. The van der Waals surface area contributed by atoms with Gasteiger partial charge in [-0.15, -0.1) is 0 Å². The van der Waals surface area contributed by atoms with Crippen molar-refractivity contribution < 1.29 is 19.1 Å². The molecule has 27 heavy (non-hydrogen) atoms. The van der Waals surface area contributed by atoms with Crippen LogP contribution in [0.3, 0.4) is 0 Å². The molecule has 0 bridgehead atoms. The molecule has 2 aromatic rings. The highest BCUT2D eigenvalue weighted by Gasteiger charge is 2.43. The topological polar surface area (TPSA) is 57.6 Å². The minimum atomic E-state index is -0.806. The van der Waals surface area contributed by atoms with Crippen LogP contribution in [-0.2, 0) is 16.1 Å². The molecule has 0 aliphatic carbocycles. The van der Waals surface area contributed by atoms with Gasteiger partial charge in [-0.05, 0) is 29.2 Å². The van der Waals surface area contributed by atoms with Gasteiger partial charge in [-0.3, -0.25) is 9.59 Å². The summed E-state index contributed by atoms with van der Waals surface area (Å²) in [6.07, 6.45) is 0.206. The Hall–Kier alpha value is -2.95. The Morgan fingerprint density at radius 1 is 1.15 bits per heavy atom. The number of nitrogens with zero attached hydrogens (tertiary/aromatic N) is 1. The zero-order valence-electron chi connectivity index (χ0n) is 15.4. The first kappa shape index (κ1) is 18.8. The molecule has 1 amide bonds. The van der Waals surface area contributed by atoms with Crippen molar-refractivity contribution in [2.24, 2.45) is 5.92 Å². The van der Waals surface area contributed by atoms with Crippen molar-refractivity contribution in [2.45, 2.75) is 32.9 Å². The van der Waals surface area contributed by atoms with E-state index in [-0.39, 0.29) is 30.2 Å². The molecule has 0 spiro atoms. The first-order valence-corrected chi connectivity index (χ1v) is 8.95. The van der Waals surface area contributed by atoms with E-state index in [1.807, 2.05) is 44.2 Å². The second-order valence-corrected chi connectivity index (χ2v) is 7.16. The maximum Gasteiger partial charge on any atom is 0.290 e. The third kappa shape index (κ3) is 3.92.